The molecule has 9 nitrogen and oxygen atoms in total. The van der Waals surface area contributed by atoms with Gasteiger partial charge in [0.05, 0.1) is 24.7 Å². The molecule has 1 fully saturated rings. The van der Waals surface area contributed by atoms with Gasteiger partial charge in [0.25, 0.3) is 0 Å². The first-order chi connectivity index (χ1) is 17.8. The molecule has 1 aliphatic carbocycles. The Labute approximate surface area is 208 Å². The van der Waals surface area contributed by atoms with Crippen LogP contribution in [0.1, 0.15) is 41.4 Å². The quantitative estimate of drug-likeness (QED) is 0.356. The van der Waals surface area contributed by atoms with E-state index in [1.54, 1.807) is 32.5 Å². The molecule has 12 heteroatoms. The lowest BCUT2D eigenvalue weighted by Gasteiger charge is -2.10. The van der Waals surface area contributed by atoms with E-state index in [0.717, 1.165) is 30.3 Å². The van der Waals surface area contributed by atoms with Crippen LogP contribution in [0.15, 0.2) is 43.0 Å². The molecule has 1 saturated carbocycles. The smallest absolute Gasteiger partial charge is 0.434 e. The summed E-state index contributed by atoms with van der Waals surface area (Å²) >= 11 is 0. The van der Waals surface area contributed by atoms with E-state index >= 15 is 0 Å². The van der Waals surface area contributed by atoms with E-state index in [0.29, 0.717) is 51.9 Å². The van der Waals surface area contributed by atoms with Gasteiger partial charge >= 0.3 is 6.18 Å². The fourth-order valence-corrected chi connectivity index (χ4v) is 4.36. The topological polar surface area (TPSA) is 107 Å². The van der Waals surface area contributed by atoms with E-state index in [9.17, 15) is 13.2 Å². The highest BCUT2D eigenvalue weighted by molar-refractivity contribution is 5.79. The fourth-order valence-electron chi connectivity index (χ4n) is 4.36. The standard InChI is InChI=1S/C25H21F3N8O/c1-36-11-18(25(26,27)28)32-23(36)15-5-3-13(4-6-15)9-16-21-17(35-34-16)10-29-22(33-21)19-20(14-7-8-14)30-12-31-24(19)37-2/h3-6,10-12,14H,7-9H2,1-2H3,(H,34,35). The highest BCUT2D eigenvalue weighted by Gasteiger charge is 2.34. The van der Waals surface area contributed by atoms with Gasteiger partial charge in [-0.2, -0.15) is 18.3 Å². The number of nitrogens with one attached hydrogen (secondary N) is 1. The van der Waals surface area contributed by atoms with Gasteiger partial charge in [0.2, 0.25) is 5.88 Å². The number of rotatable bonds is 6. The molecule has 0 radical (unpaired) electrons. The Hall–Kier alpha value is -4.35. The second-order valence-corrected chi connectivity index (χ2v) is 8.98. The van der Waals surface area contributed by atoms with Crippen molar-refractivity contribution in [3.8, 4) is 28.7 Å². The zero-order valence-electron chi connectivity index (χ0n) is 19.9. The molecule has 5 aromatic rings. The number of aromatic amines is 1. The third-order valence-electron chi connectivity index (χ3n) is 6.35. The summed E-state index contributed by atoms with van der Waals surface area (Å²) in [4.78, 5) is 21.8. The van der Waals surface area contributed by atoms with Gasteiger partial charge in [0, 0.05) is 31.1 Å². The summed E-state index contributed by atoms with van der Waals surface area (Å²) in [6, 6.07) is 7.20. The summed E-state index contributed by atoms with van der Waals surface area (Å²) in [5, 5.41) is 7.40. The lowest BCUT2D eigenvalue weighted by atomic mass is 10.1. The maximum absolute atomic E-state index is 13.0. The number of halogens is 3. The lowest BCUT2D eigenvalue weighted by molar-refractivity contribution is -0.140. The van der Waals surface area contributed by atoms with Crippen LogP contribution in [0.3, 0.4) is 0 Å². The minimum atomic E-state index is -4.49. The second kappa shape index (κ2) is 8.64. The van der Waals surface area contributed by atoms with E-state index < -0.39 is 11.9 Å². The average molecular weight is 506 g/mol. The predicted molar refractivity (Wildman–Crippen MR) is 128 cm³/mol. The summed E-state index contributed by atoms with van der Waals surface area (Å²) in [7, 11) is 3.10. The van der Waals surface area contributed by atoms with Crippen LogP contribution in [0.25, 0.3) is 33.8 Å². The molecule has 0 spiro atoms. The van der Waals surface area contributed by atoms with Crippen LogP contribution in [-0.4, -0.2) is 46.8 Å². The number of aromatic nitrogens is 8. The van der Waals surface area contributed by atoms with Crippen molar-refractivity contribution in [3.05, 3.63) is 65.6 Å². The summed E-state index contributed by atoms with van der Waals surface area (Å²) in [5.74, 6) is 1.49. The van der Waals surface area contributed by atoms with Crippen molar-refractivity contribution in [2.75, 3.05) is 7.11 Å². The highest BCUT2D eigenvalue weighted by atomic mass is 19.4. The van der Waals surface area contributed by atoms with E-state index in [-0.39, 0.29) is 5.82 Å². The molecule has 4 heterocycles. The van der Waals surface area contributed by atoms with Gasteiger partial charge in [-0.25, -0.2) is 24.9 Å². The summed E-state index contributed by atoms with van der Waals surface area (Å²) in [5.41, 5.74) is 4.23. The SMILES string of the molecule is COc1ncnc(C2CC2)c1-c1ncc2[nH]nc(Cc3ccc(-c4nc(C(F)(F)F)cn4C)cc3)c2n1. The Kier molecular flexibility index (Phi) is 5.39. The molecule has 6 rings (SSSR count). The first kappa shape index (κ1) is 23.1. The Balaban J connectivity index is 1.31. The minimum Gasteiger partial charge on any atom is -0.480 e. The Morgan fingerprint density at radius 2 is 1.86 bits per heavy atom. The molecule has 4 aromatic heterocycles. The van der Waals surface area contributed by atoms with Crippen LogP contribution < -0.4 is 4.74 Å². The molecule has 0 atom stereocenters. The van der Waals surface area contributed by atoms with Crippen LogP contribution in [0.2, 0.25) is 0 Å². The molecule has 0 saturated heterocycles. The van der Waals surface area contributed by atoms with Gasteiger partial charge in [-0.05, 0) is 18.4 Å². The van der Waals surface area contributed by atoms with Gasteiger partial charge in [-0.15, -0.1) is 0 Å². The summed E-state index contributed by atoms with van der Waals surface area (Å²) < 4.78 is 46.0. The predicted octanol–water partition coefficient (Wildman–Crippen LogP) is 4.71. The summed E-state index contributed by atoms with van der Waals surface area (Å²) in [6.45, 7) is 0. The van der Waals surface area contributed by atoms with Crippen LogP contribution in [-0.2, 0) is 19.6 Å². The number of hydrogen-bond acceptors (Lipinski definition) is 7. The van der Waals surface area contributed by atoms with Gasteiger partial charge in [-0.3, -0.25) is 5.10 Å². The maximum atomic E-state index is 13.0. The number of ether oxygens (including phenoxy) is 1. The van der Waals surface area contributed by atoms with E-state index in [4.69, 9.17) is 9.72 Å². The first-order valence-electron chi connectivity index (χ1n) is 11.6. The van der Waals surface area contributed by atoms with Crippen LogP contribution in [0.5, 0.6) is 5.88 Å². The lowest BCUT2D eigenvalue weighted by Crippen LogP contribution is -2.04. The zero-order chi connectivity index (χ0) is 25.7. The molecule has 0 unspecified atom stereocenters. The van der Waals surface area contributed by atoms with Crippen molar-refractivity contribution < 1.29 is 17.9 Å². The Morgan fingerprint density at radius 3 is 2.54 bits per heavy atom. The molecule has 0 aliphatic heterocycles. The Bertz CT molecular complexity index is 1600. The third kappa shape index (κ3) is 4.28. The van der Waals surface area contributed by atoms with Gasteiger partial charge in [0.1, 0.15) is 28.7 Å². The molecular weight excluding hydrogens is 485 g/mol. The van der Waals surface area contributed by atoms with Crippen molar-refractivity contribution in [3.63, 3.8) is 0 Å². The number of methoxy groups -OCH3 is 1. The number of H-pyrrole nitrogens is 1. The van der Waals surface area contributed by atoms with E-state index in [1.165, 1.54) is 10.9 Å². The molecule has 1 N–H and O–H groups in total. The van der Waals surface area contributed by atoms with E-state index in [1.807, 2.05) is 12.1 Å². The second-order valence-electron chi connectivity index (χ2n) is 8.98. The van der Waals surface area contributed by atoms with Crippen molar-refractivity contribution >= 4 is 11.0 Å². The average Bonchev–Trinajstić information content (AvgIpc) is 3.55. The number of aryl methyl sites for hydroxylation is 1. The van der Waals surface area contributed by atoms with Crippen LogP contribution >= 0.6 is 0 Å². The van der Waals surface area contributed by atoms with Crippen molar-refractivity contribution in [1.82, 2.24) is 39.7 Å². The largest absolute Gasteiger partial charge is 0.480 e. The number of nitrogens with zero attached hydrogens (tertiary/aromatic N) is 7. The van der Waals surface area contributed by atoms with Crippen LogP contribution in [0.4, 0.5) is 13.2 Å². The van der Waals surface area contributed by atoms with Crippen molar-refractivity contribution in [2.24, 2.45) is 7.05 Å². The van der Waals surface area contributed by atoms with E-state index in [2.05, 4.69) is 30.1 Å². The molecule has 37 heavy (non-hydrogen) atoms. The minimum absolute atomic E-state index is 0.243. The third-order valence-corrected chi connectivity index (χ3v) is 6.35. The molecule has 0 amide bonds. The van der Waals surface area contributed by atoms with Gasteiger partial charge in [-0.1, -0.05) is 24.3 Å². The monoisotopic (exact) mass is 506 g/mol. The number of imidazole rings is 1. The van der Waals surface area contributed by atoms with Crippen molar-refractivity contribution in [1.29, 1.82) is 0 Å². The zero-order valence-corrected chi connectivity index (χ0v) is 19.9. The number of alkyl halides is 3. The molecule has 188 valence electrons. The molecule has 0 bridgehead atoms. The highest BCUT2D eigenvalue weighted by Crippen LogP contribution is 2.45. The first-order valence-corrected chi connectivity index (χ1v) is 11.6. The molecule has 1 aromatic carbocycles. The van der Waals surface area contributed by atoms with Gasteiger partial charge < -0.3 is 9.30 Å². The molecule has 1 aliphatic rings. The Morgan fingerprint density at radius 1 is 1.08 bits per heavy atom. The van der Waals surface area contributed by atoms with Crippen molar-refractivity contribution in [2.45, 2.75) is 31.4 Å². The van der Waals surface area contributed by atoms with Gasteiger partial charge in [0.15, 0.2) is 11.5 Å². The van der Waals surface area contributed by atoms with Crippen LogP contribution in [0, 0.1) is 0 Å². The number of hydrogen-bond donors (Lipinski definition) is 1. The molecular formula is C25H21F3N8O. The fraction of sp³-hybridized carbons (Fsp3) is 0.280. The number of benzene rings is 1. The normalized spacial score (nSPS) is 13.9. The maximum Gasteiger partial charge on any atom is 0.434 e. The summed E-state index contributed by atoms with van der Waals surface area (Å²) in [6.07, 6.45) is 2.24. The number of fused-ring (bicyclic) bond motifs is 1.